The minimum absolute atomic E-state index is 0.424. The third kappa shape index (κ3) is 3.85. The van der Waals surface area contributed by atoms with Crippen LogP contribution in [-0.4, -0.2) is 5.11 Å². The minimum Gasteiger partial charge on any atom is -0.389 e. The third-order valence-corrected chi connectivity index (χ3v) is 5.12. The Kier molecular flexibility index (Phi) is 5.08. The predicted octanol–water partition coefficient (Wildman–Crippen LogP) is 5.10. The van der Waals surface area contributed by atoms with Gasteiger partial charge >= 0.3 is 0 Å². The van der Waals surface area contributed by atoms with Gasteiger partial charge in [-0.25, -0.2) is 0 Å². The van der Waals surface area contributed by atoms with Gasteiger partial charge in [0.05, 0.1) is 6.10 Å². The summed E-state index contributed by atoms with van der Waals surface area (Å²) < 4.78 is 1.05. The maximum Gasteiger partial charge on any atom is 0.0762 e. The number of hydrogen-bond acceptors (Lipinski definition) is 2. The van der Waals surface area contributed by atoms with Crippen LogP contribution >= 0.6 is 27.7 Å². The van der Waals surface area contributed by atoms with Crippen molar-refractivity contribution in [3.63, 3.8) is 0 Å². The van der Waals surface area contributed by atoms with Crippen LogP contribution in [0.2, 0.25) is 0 Å². The molecule has 1 N–H and O–H groups in total. The molecule has 0 fully saturated rings. The molecule has 0 aromatic heterocycles. The predicted molar refractivity (Wildman–Crippen MR) is 85.5 cm³/mol. The number of benzene rings is 2. The molecule has 0 saturated carbocycles. The molecule has 0 radical (unpaired) electrons. The lowest BCUT2D eigenvalue weighted by Gasteiger charge is -2.10. The van der Waals surface area contributed by atoms with Crippen molar-refractivity contribution in [1.29, 1.82) is 0 Å². The van der Waals surface area contributed by atoms with E-state index >= 15 is 0 Å². The van der Waals surface area contributed by atoms with Gasteiger partial charge in [0.2, 0.25) is 0 Å². The molecule has 0 spiro atoms. The first-order chi connectivity index (χ1) is 9.08. The summed E-state index contributed by atoms with van der Waals surface area (Å²) in [6.45, 7) is 3.92. The molecule has 2 rings (SSSR count). The first-order valence-electron chi connectivity index (χ1n) is 6.22. The fraction of sp³-hybridized carbons (Fsp3) is 0.250. The number of hydrogen-bond donors (Lipinski definition) is 1. The van der Waals surface area contributed by atoms with Crippen molar-refractivity contribution in [2.24, 2.45) is 0 Å². The molecule has 2 aromatic carbocycles. The van der Waals surface area contributed by atoms with E-state index in [1.807, 2.05) is 12.1 Å². The van der Waals surface area contributed by atoms with E-state index in [2.05, 4.69) is 53.2 Å². The molecular formula is C16H17BrOS. The number of thioether (sulfide) groups is 1. The van der Waals surface area contributed by atoms with Gasteiger partial charge in [0.25, 0.3) is 0 Å². The molecule has 19 heavy (non-hydrogen) atoms. The van der Waals surface area contributed by atoms with Gasteiger partial charge in [0, 0.05) is 15.1 Å². The van der Waals surface area contributed by atoms with E-state index in [-0.39, 0.29) is 0 Å². The Bertz CT molecular complexity index is 566. The molecule has 0 saturated heterocycles. The van der Waals surface area contributed by atoms with Crippen LogP contribution in [0, 0.1) is 6.92 Å². The standard InChI is InChI=1S/C16H17BrOS/c1-11-5-3-4-6-14(11)10-19-16-8-7-13(12(2)18)9-15(16)17/h3-9,12,18H,10H2,1-2H3/t12-/m0/s1. The van der Waals surface area contributed by atoms with Gasteiger partial charge in [0.15, 0.2) is 0 Å². The zero-order chi connectivity index (χ0) is 13.8. The summed E-state index contributed by atoms with van der Waals surface area (Å²) in [5.74, 6) is 0.958. The van der Waals surface area contributed by atoms with E-state index in [4.69, 9.17) is 0 Å². The van der Waals surface area contributed by atoms with Gasteiger partial charge in [-0.2, -0.15) is 0 Å². The molecule has 2 aromatic rings. The maximum absolute atomic E-state index is 9.56. The SMILES string of the molecule is Cc1ccccc1CSc1ccc([C@H](C)O)cc1Br. The van der Waals surface area contributed by atoms with E-state index in [1.54, 1.807) is 18.7 Å². The van der Waals surface area contributed by atoms with Gasteiger partial charge < -0.3 is 5.11 Å². The molecular weight excluding hydrogens is 320 g/mol. The fourth-order valence-electron chi connectivity index (χ4n) is 1.82. The van der Waals surface area contributed by atoms with Gasteiger partial charge in [-0.1, -0.05) is 30.3 Å². The van der Waals surface area contributed by atoms with Crippen LogP contribution in [0.3, 0.4) is 0 Å². The van der Waals surface area contributed by atoms with Crippen LogP contribution in [0.1, 0.15) is 29.7 Å². The zero-order valence-electron chi connectivity index (χ0n) is 11.1. The lowest BCUT2D eigenvalue weighted by molar-refractivity contribution is 0.199. The highest BCUT2D eigenvalue weighted by atomic mass is 79.9. The van der Waals surface area contributed by atoms with E-state index in [0.717, 1.165) is 15.8 Å². The van der Waals surface area contributed by atoms with Crippen LogP contribution in [-0.2, 0) is 5.75 Å². The van der Waals surface area contributed by atoms with Crippen molar-refractivity contribution < 1.29 is 5.11 Å². The van der Waals surface area contributed by atoms with E-state index in [0.29, 0.717) is 0 Å². The first kappa shape index (κ1) is 14.6. The van der Waals surface area contributed by atoms with Crippen molar-refractivity contribution in [3.05, 3.63) is 63.6 Å². The quantitative estimate of drug-likeness (QED) is 0.783. The topological polar surface area (TPSA) is 20.2 Å². The number of halogens is 1. The van der Waals surface area contributed by atoms with Crippen LogP contribution in [0.25, 0.3) is 0 Å². The molecule has 0 unspecified atom stereocenters. The van der Waals surface area contributed by atoms with Crippen LogP contribution in [0.15, 0.2) is 51.8 Å². The molecule has 100 valence electrons. The second-order valence-electron chi connectivity index (χ2n) is 4.58. The summed E-state index contributed by atoms with van der Waals surface area (Å²) >= 11 is 5.38. The molecule has 0 aliphatic carbocycles. The third-order valence-electron chi connectivity index (χ3n) is 3.08. The summed E-state index contributed by atoms with van der Waals surface area (Å²) in [5, 5.41) is 9.56. The average molecular weight is 337 g/mol. The van der Waals surface area contributed by atoms with Gasteiger partial charge in [-0.15, -0.1) is 11.8 Å². The summed E-state index contributed by atoms with van der Waals surface area (Å²) in [6, 6.07) is 14.5. The Balaban J connectivity index is 2.10. The zero-order valence-corrected chi connectivity index (χ0v) is 13.5. The van der Waals surface area contributed by atoms with Crippen LogP contribution < -0.4 is 0 Å². The van der Waals surface area contributed by atoms with Crippen molar-refractivity contribution in [2.45, 2.75) is 30.6 Å². The number of aryl methyl sites for hydroxylation is 1. The molecule has 0 aliphatic heterocycles. The van der Waals surface area contributed by atoms with E-state index in [1.165, 1.54) is 16.0 Å². The average Bonchev–Trinajstić information content (AvgIpc) is 2.39. The molecule has 0 aliphatic rings. The summed E-state index contributed by atoms with van der Waals surface area (Å²) in [7, 11) is 0. The summed E-state index contributed by atoms with van der Waals surface area (Å²) in [5.41, 5.74) is 3.62. The molecule has 1 nitrogen and oxygen atoms in total. The normalized spacial score (nSPS) is 12.4. The Hall–Kier alpha value is -0.770. The Morgan fingerprint density at radius 3 is 2.58 bits per heavy atom. The molecule has 0 bridgehead atoms. The molecule has 0 heterocycles. The van der Waals surface area contributed by atoms with Gasteiger partial charge in [0.1, 0.15) is 0 Å². The monoisotopic (exact) mass is 336 g/mol. The lowest BCUT2D eigenvalue weighted by Crippen LogP contribution is -1.91. The van der Waals surface area contributed by atoms with E-state index < -0.39 is 6.10 Å². The lowest BCUT2D eigenvalue weighted by atomic mass is 10.1. The van der Waals surface area contributed by atoms with Crippen molar-refractivity contribution in [1.82, 2.24) is 0 Å². The summed E-state index contributed by atoms with van der Waals surface area (Å²) in [6.07, 6.45) is -0.424. The molecule has 3 heteroatoms. The number of aliphatic hydroxyl groups is 1. The highest BCUT2D eigenvalue weighted by molar-refractivity contribution is 9.10. The van der Waals surface area contributed by atoms with Gasteiger partial charge in [-0.3, -0.25) is 0 Å². The Labute approximate surface area is 127 Å². The van der Waals surface area contributed by atoms with Crippen LogP contribution in [0.5, 0.6) is 0 Å². The van der Waals surface area contributed by atoms with Crippen molar-refractivity contribution in [3.8, 4) is 0 Å². The summed E-state index contributed by atoms with van der Waals surface area (Å²) in [4.78, 5) is 1.20. The minimum atomic E-state index is -0.424. The number of aliphatic hydroxyl groups excluding tert-OH is 1. The highest BCUT2D eigenvalue weighted by Crippen LogP contribution is 2.32. The highest BCUT2D eigenvalue weighted by Gasteiger charge is 2.06. The largest absolute Gasteiger partial charge is 0.389 e. The Morgan fingerprint density at radius 2 is 1.95 bits per heavy atom. The van der Waals surface area contributed by atoms with Gasteiger partial charge in [-0.05, 0) is 58.6 Å². The second kappa shape index (κ2) is 6.60. The van der Waals surface area contributed by atoms with E-state index in [9.17, 15) is 5.11 Å². The second-order valence-corrected chi connectivity index (χ2v) is 6.45. The van der Waals surface area contributed by atoms with Crippen molar-refractivity contribution in [2.75, 3.05) is 0 Å². The molecule has 1 atom stereocenters. The first-order valence-corrected chi connectivity index (χ1v) is 8.00. The van der Waals surface area contributed by atoms with Crippen LogP contribution in [0.4, 0.5) is 0 Å². The molecule has 0 amide bonds. The maximum atomic E-state index is 9.56. The number of rotatable bonds is 4. The fourth-order valence-corrected chi connectivity index (χ4v) is 3.56. The Morgan fingerprint density at radius 1 is 1.21 bits per heavy atom. The van der Waals surface area contributed by atoms with Crippen molar-refractivity contribution >= 4 is 27.7 Å². The smallest absolute Gasteiger partial charge is 0.0762 e.